The first-order valence-corrected chi connectivity index (χ1v) is 11.5. The summed E-state index contributed by atoms with van der Waals surface area (Å²) in [5.41, 5.74) is 2.31. The molecule has 0 fully saturated rings. The van der Waals surface area contributed by atoms with Gasteiger partial charge in [0.25, 0.3) is 5.91 Å². The molecule has 0 bridgehead atoms. The fourth-order valence-corrected chi connectivity index (χ4v) is 3.92. The van der Waals surface area contributed by atoms with E-state index in [2.05, 4.69) is 15.6 Å². The van der Waals surface area contributed by atoms with Crippen LogP contribution in [0.15, 0.2) is 54.6 Å². The molecule has 0 aliphatic rings. The monoisotopic (exact) mass is 524 g/mol. The highest BCUT2D eigenvalue weighted by molar-refractivity contribution is 6.32. The fourth-order valence-electron chi connectivity index (χ4n) is 3.51. The number of carbonyl (C=O) groups excluding carboxylic acids is 2. The van der Waals surface area contributed by atoms with Gasteiger partial charge in [-0.15, -0.1) is 0 Å². The molecule has 0 aliphatic heterocycles. The fraction of sp³-hybridized carbons (Fsp3) is 0.115. The van der Waals surface area contributed by atoms with E-state index in [1.807, 2.05) is 24.3 Å². The first-order valence-electron chi connectivity index (χ1n) is 10.7. The van der Waals surface area contributed by atoms with E-state index in [1.165, 1.54) is 37.3 Å². The second kappa shape index (κ2) is 10.7. The van der Waals surface area contributed by atoms with Gasteiger partial charge in [-0.1, -0.05) is 41.4 Å². The number of hydrogen-bond acceptors (Lipinski definition) is 4. The summed E-state index contributed by atoms with van der Waals surface area (Å²) in [6, 6.07) is 16.4. The van der Waals surface area contributed by atoms with E-state index < -0.39 is 11.7 Å². The number of H-pyrrole nitrogens is 1. The minimum absolute atomic E-state index is 0.0201. The zero-order valence-corrected chi connectivity index (χ0v) is 20.4. The summed E-state index contributed by atoms with van der Waals surface area (Å²) >= 11 is 12.1. The van der Waals surface area contributed by atoms with Crippen LogP contribution in [0.1, 0.15) is 34.1 Å². The second-order valence-corrected chi connectivity index (χ2v) is 8.78. The molecule has 3 N–H and O–H groups in total. The normalized spacial score (nSPS) is 10.6. The predicted molar refractivity (Wildman–Crippen MR) is 135 cm³/mol. The maximum Gasteiger partial charge on any atom is 0.267 e. The highest BCUT2D eigenvalue weighted by Crippen LogP contribution is 2.35. The molecule has 4 rings (SSSR count). The molecule has 0 spiro atoms. The number of hydrogen-bond donors (Lipinski definition) is 3. The lowest BCUT2D eigenvalue weighted by Gasteiger charge is -2.13. The highest BCUT2D eigenvalue weighted by Gasteiger charge is 2.17. The molecule has 0 unspecified atom stereocenters. The molecule has 2 amide bonds. The van der Waals surface area contributed by atoms with E-state index >= 15 is 4.39 Å². The molecule has 4 aromatic rings. The van der Waals surface area contributed by atoms with Gasteiger partial charge in [-0.2, -0.15) is 5.26 Å². The third-order valence-corrected chi connectivity index (χ3v) is 5.78. The van der Waals surface area contributed by atoms with Crippen molar-refractivity contribution < 1.29 is 18.7 Å². The summed E-state index contributed by atoms with van der Waals surface area (Å²) in [6.45, 7) is 1.69. The van der Waals surface area contributed by atoms with Crippen LogP contribution in [0.4, 0.5) is 4.39 Å². The van der Waals surface area contributed by atoms with Crippen molar-refractivity contribution in [2.75, 3.05) is 0 Å². The number of nitrogens with zero attached hydrogens (tertiary/aromatic N) is 1. The molecule has 0 saturated heterocycles. The number of nitriles is 1. The standard InChI is InChI=1S/C26H19Cl2FN4O3/c1-14(34)31-12-15-2-3-17-9-23(33-22(17)8-15)26(35)32-13-18-4-5-21(28)25(24(18)29)36-20-7-16(11-30)6-19(27)10-20/h2-10,33H,12-13H2,1H3,(H,31,34)(H,32,35). The van der Waals surface area contributed by atoms with Gasteiger partial charge >= 0.3 is 0 Å². The van der Waals surface area contributed by atoms with Crippen molar-refractivity contribution in [3.8, 4) is 17.6 Å². The third kappa shape index (κ3) is 5.77. The largest absolute Gasteiger partial charge is 0.453 e. The quantitative estimate of drug-likeness (QED) is 0.282. The lowest BCUT2D eigenvalue weighted by molar-refractivity contribution is -0.119. The maximum atomic E-state index is 15.2. The van der Waals surface area contributed by atoms with Crippen LogP contribution in [0.5, 0.6) is 11.5 Å². The number of halogens is 3. The first-order chi connectivity index (χ1) is 17.2. The van der Waals surface area contributed by atoms with Crippen molar-refractivity contribution in [2.24, 2.45) is 0 Å². The molecule has 0 radical (unpaired) electrons. The Balaban J connectivity index is 1.49. The van der Waals surface area contributed by atoms with Crippen LogP contribution in [-0.2, 0) is 17.9 Å². The van der Waals surface area contributed by atoms with Crippen molar-refractivity contribution in [3.63, 3.8) is 0 Å². The van der Waals surface area contributed by atoms with Crippen LogP contribution in [0.25, 0.3) is 10.9 Å². The maximum absolute atomic E-state index is 15.2. The molecule has 3 aromatic carbocycles. The molecule has 0 atom stereocenters. The first kappa shape index (κ1) is 25.0. The highest BCUT2D eigenvalue weighted by atomic mass is 35.5. The summed E-state index contributed by atoms with van der Waals surface area (Å²) in [6.07, 6.45) is 0. The number of rotatable bonds is 7. The number of carbonyl (C=O) groups is 2. The SMILES string of the molecule is CC(=O)NCc1ccc2cc(C(=O)NCc3ccc(Cl)c(Oc4cc(Cl)cc(C#N)c4)c3F)[nH]c2c1. The average molecular weight is 525 g/mol. The second-order valence-electron chi connectivity index (χ2n) is 7.94. The Kier molecular flexibility index (Phi) is 7.44. The molecular weight excluding hydrogens is 506 g/mol. The van der Waals surface area contributed by atoms with Gasteiger partial charge in [-0.25, -0.2) is 4.39 Å². The van der Waals surface area contributed by atoms with Gasteiger partial charge in [-0.05, 0) is 42.0 Å². The van der Waals surface area contributed by atoms with Gasteiger partial charge in [0.1, 0.15) is 11.4 Å². The minimum atomic E-state index is -0.749. The number of amides is 2. The molecule has 1 aromatic heterocycles. The van der Waals surface area contributed by atoms with Crippen LogP contribution in [0, 0.1) is 17.1 Å². The lowest BCUT2D eigenvalue weighted by Crippen LogP contribution is -2.23. The third-order valence-electron chi connectivity index (χ3n) is 5.26. The smallest absolute Gasteiger partial charge is 0.267 e. The Morgan fingerprint density at radius 2 is 1.86 bits per heavy atom. The molecular formula is C26H19Cl2FN4O3. The molecule has 36 heavy (non-hydrogen) atoms. The van der Waals surface area contributed by atoms with Crippen molar-refractivity contribution in [1.82, 2.24) is 15.6 Å². The van der Waals surface area contributed by atoms with Gasteiger partial charge in [0, 0.05) is 41.5 Å². The summed E-state index contributed by atoms with van der Waals surface area (Å²) < 4.78 is 20.8. The Hall–Kier alpha value is -4.06. The van der Waals surface area contributed by atoms with Crippen molar-refractivity contribution >= 4 is 45.9 Å². The topological polar surface area (TPSA) is 107 Å². The molecule has 0 saturated carbocycles. The van der Waals surface area contributed by atoms with Crippen molar-refractivity contribution in [3.05, 3.63) is 92.8 Å². The van der Waals surface area contributed by atoms with Gasteiger partial charge < -0.3 is 20.4 Å². The Bertz CT molecular complexity index is 1530. The number of benzene rings is 3. The number of ether oxygens (including phenoxy) is 1. The summed E-state index contributed by atoms with van der Waals surface area (Å²) in [7, 11) is 0. The van der Waals surface area contributed by atoms with Gasteiger partial charge in [-0.3, -0.25) is 9.59 Å². The van der Waals surface area contributed by atoms with E-state index in [0.29, 0.717) is 12.2 Å². The van der Waals surface area contributed by atoms with E-state index in [4.69, 9.17) is 33.2 Å². The van der Waals surface area contributed by atoms with E-state index in [-0.39, 0.29) is 45.1 Å². The van der Waals surface area contributed by atoms with Crippen molar-refractivity contribution in [1.29, 1.82) is 5.26 Å². The van der Waals surface area contributed by atoms with Crippen molar-refractivity contribution in [2.45, 2.75) is 20.0 Å². The molecule has 182 valence electrons. The number of fused-ring (bicyclic) bond motifs is 1. The van der Waals surface area contributed by atoms with Crippen LogP contribution in [0.3, 0.4) is 0 Å². The van der Waals surface area contributed by atoms with Crippen LogP contribution in [-0.4, -0.2) is 16.8 Å². The van der Waals surface area contributed by atoms with E-state index in [1.54, 1.807) is 6.07 Å². The molecule has 7 nitrogen and oxygen atoms in total. The Labute approximate surface area is 215 Å². The minimum Gasteiger partial charge on any atom is -0.453 e. The zero-order valence-electron chi connectivity index (χ0n) is 18.9. The Morgan fingerprint density at radius 3 is 2.61 bits per heavy atom. The van der Waals surface area contributed by atoms with Crippen LogP contribution >= 0.6 is 23.2 Å². The number of aromatic amines is 1. The number of nitrogens with one attached hydrogen (secondary N) is 3. The van der Waals surface area contributed by atoms with E-state index in [0.717, 1.165) is 16.5 Å². The van der Waals surface area contributed by atoms with Crippen LogP contribution < -0.4 is 15.4 Å². The molecule has 0 aliphatic carbocycles. The van der Waals surface area contributed by atoms with Gasteiger partial charge in [0.15, 0.2) is 11.6 Å². The molecule has 10 heteroatoms. The summed E-state index contributed by atoms with van der Waals surface area (Å²) in [5, 5.41) is 15.6. The zero-order chi connectivity index (χ0) is 25.8. The van der Waals surface area contributed by atoms with Crippen LogP contribution in [0.2, 0.25) is 10.0 Å². The summed E-state index contributed by atoms with van der Waals surface area (Å²) in [4.78, 5) is 26.9. The van der Waals surface area contributed by atoms with Gasteiger partial charge in [0.2, 0.25) is 5.91 Å². The van der Waals surface area contributed by atoms with Gasteiger partial charge in [0.05, 0.1) is 16.7 Å². The van der Waals surface area contributed by atoms with E-state index in [9.17, 15) is 9.59 Å². The number of aromatic nitrogens is 1. The summed E-state index contributed by atoms with van der Waals surface area (Å²) in [5.74, 6) is -1.41. The molecule has 1 heterocycles. The average Bonchev–Trinajstić information content (AvgIpc) is 3.28. The lowest BCUT2D eigenvalue weighted by atomic mass is 10.1. The predicted octanol–water partition coefficient (Wildman–Crippen LogP) is 5.84. The Morgan fingerprint density at radius 1 is 1.06 bits per heavy atom.